The summed E-state index contributed by atoms with van der Waals surface area (Å²) in [5.41, 5.74) is 2.34. The molecule has 2 nitrogen and oxygen atoms in total. The van der Waals surface area contributed by atoms with Crippen LogP contribution >= 0.6 is 11.6 Å². The van der Waals surface area contributed by atoms with Crippen LogP contribution < -0.4 is 5.32 Å². The molecule has 2 N–H and O–H groups in total. The second kappa shape index (κ2) is 5.77. The summed E-state index contributed by atoms with van der Waals surface area (Å²) in [5.74, 6) is 2.64. The average Bonchev–Trinajstić information content (AvgIpc) is 2.71. The van der Waals surface area contributed by atoms with Crippen molar-refractivity contribution >= 4 is 22.5 Å². The van der Waals surface area contributed by atoms with Gasteiger partial charge in [0.05, 0.1) is 0 Å². The second-order valence-electron chi connectivity index (χ2n) is 3.99. The standard InChI is InChI=1S/C14H15ClN2/c1-2-3-4-7-16-9-11-10-17-14-8-12(15)5-6-13(11)14/h1,5-6,8,10,16-17H,3-4,7,9H2. The van der Waals surface area contributed by atoms with E-state index in [9.17, 15) is 0 Å². The molecule has 1 heterocycles. The molecule has 0 fully saturated rings. The molecule has 2 rings (SSSR count). The summed E-state index contributed by atoms with van der Waals surface area (Å²) in [6.45, 7) is 1.80. The Morgan fingerprint density at radius 2 is 2.29 bits per heavy atom. The third kappa shape index (κ3) is 3.03. The molecular weight excluding hydrogens is 232 g/mol. The Bertz CT molecular complexity index is 537. The number of benzene rings is 1. The SMILES string of the molecule is C#CCCCNCc1c[nH]c2cc(Cl)ccc12. The van der Waals surface area contributed by atoms with Crippen LogP contribution in [0.25, 0.3) is 10.9 Å². The first-order valence-corrected chi connectivity index (χ1v) is 6.09. The number of hydrogen-bond donors (Lipinski definition) is 2. The zero-order chi connectivity index (χ0) is 12.1. The molecule has 3 heteroatoms. The van der Waals surface area contributed by atoms with E-state index in [4.69, 9.17) is 18.0 Å². The Morgan fingerprint density at radius 3 is 3.12 bits per heavy atom. The number of aromatic amines is 1. The second-order valence-corrected chi connectivity index (χ2v) is 4.42. The number of terminal acetylenes is 1. The van der Waals surface area contributed by atoms with Gasteiger partial charge in [-0.3, -0.25) is 0 Å². The average molecular weight is 247 g/mol. The molecule has 0 spiro atoms. The minimum Gasteiger partial charge on any atom is -0.361 e. The first-order chi connectivity index (χ1) is 8.31. The van der Waals surface area contributed by atoms with Crippen LogP contribution in [0, 0.1) is 12.3 Å². The topological polar surface area (TPSA) is 27.8 Å². The van der Waals surface area contributed by atoms with Gasteiger partial charge in [-0.25, -0.2) is 0 Å². The van der Waals surface area contributed by atoms with Gasteiger partial charge in [-0.05, 0) is 30.7 Å². The highest BCUT2D eigenvalue weighted by atomic mass is 35.5. The van der Waals surface area contributed by atoms with E-state index >= 15 is 0 Å². The Balaban J connectivity index is 1.97. The molecule has 1 aromatic carbocycles. The highest BCUT2D eigenvalue weighted by Crippen LogP contribution is 2.21. The minimum atomic E-state index is 0.757. The molecule has 0 aliphatic rings. The lowest BCUT2D eigenvalue weighted by atomic mass is 10.2. The van der Waals surface area contributed by atoms with Gasteiger partial charge in [0.1, 0.15) is 0 Å². The predicted molar refractivity (Wildman–Crippen MR) is 73.1 cm³/mol. The number of aromatic nitrogens is 1. The van der Waals surface area contributed by atoms with Crippen molar-refractivity contribution in [3.05, 3.63) is 35.0 Å². The molecule has 88 valence electrons. The zero-order valence-corrected chi connectivity index (χ0v) is 10.3. The van der Waals surface area contributed by atoms with Gasteiger partial charge in [-0.15, -0.1) is 12.3 Å². The fourth-order valence-corrected chi connectivity index (χ4v) is 2.02. The van der Waals surface area contributed by atoms with E-state index < -0.39 is 0 Å². The largest absolute Gasteiger partial charge is 0.361 e. The van der Waals surface area contributed by atoms with E-state index in [2.05, 4.69) is 16.2 Å². The van der Waals surface area contributed by atoms with Gasteiger partial charge in [0.25, 0.3) is 0 Å². The van der Waals surface area contributed by atoms with Crippen molar-refractivity contribution in [3.8, 4) is 12.3 Å². The van der Waals surface area contributed by atoms with E-state index in [0.717, 1.165) is 36.5 Å². The molecule has 0 saturated carbocycles. The maximum atomic E-state index is 5.94. The maximum absolute atomic E-state index is 5.94. The summed E-state index contributed by atoms with van der Waals surface area (Å²) in [7, 11) is 0. The lowest BCUT2D eigenvalue weighted by Gasteiger charge is -2.02. The molecule has 0 amide bonds. The smallest absolute Gasteiger partial charge is 0.0472 e. The van der Waals surface area contributed by atoms with Crippen molar-refractivity contribution in [2.45, 2.75) is 19.4 Å². The van der Waals surface area contributed by atoms with Crippen molar-refractivity contribution in [2.24, 2.45) is 0 Å². The molecule has 0 unspecified atom stereocenters. The van der Waals surface area contributed by atoms with E-state index in [1.807, 2.05) is 24.4 Å². The summed E-state index contributed by atoms with van der Waals surface area (Å²) in [6.07, 6.45) is 9.07. The number of rotatable bonds is 5. The molecule has 1 aromatic heterocycles. The Kier molecular flexibility index (Phi) is 4.08. The van der Waals surface area contributed by atoms with Gasteiger partial charge in [0.2, 0.25) is 0 Å². The molecule has 0 aliphatic heterocycles. The summed E-state index contributed by atoms with van der Waals surface area (Å²) in [6, 6.07) is 5.91. The number of unbranched alkanes of at least 4 members (excludes halogenated alkanes) is 1. The molecule has 0 aliphatic carbocycles. The van der Waals surface area contributed by atoms with Crippen LogP contribution in [0.1, 0.15) is 18.4 Å². The first-order valence-electron chi connectivity index (χ1n) is 5.71. The number of fused-ring (bicyclic) bond motifs is 1. The third-order valence-corrected chi connectivity index (χ3v) is 2.95. The molecule has 0 radical (unpaired) electrons. The highest BCUT2D eigenvalue weighted by molar-refractivity contribution is 6.31. The van der Waals surface area contributed by atoms with Crippen LogP contribution in [0.15, 0.2) is 24.4 Å². The predicted octanol–water partition coefficient (Wildman–Crippen LogP) is 3.32. The van der Waals surface area contributed by atoms with Gasteiger partial charge in [-0.1, -0.05) is 17.7 Å². The van der Waals surface area contributed by atoms with Crippen LogP contribution in [-0.2, 0) is 6.54 Å². The van der Waals surface area contributed by atoms with Gasteiger partial charge >= 0.3 is 0 Å². The summed E-state index contributed by atoms with van der Waals surface area (Å²) in [5, 5.41) is 5.36. The van der Waals surface area contributed by atoms with Crippen LogP contribution in [-0.4, -0.2) is 11.5 Å². The number of hydrogen-bond acceptors (Lipinski definition) is 1. The van der Waals surface area contributed by atoms with E-state index in [1.165, 1.54) is 10.9 Å². The Hall–Kier alpha value is -1.43. The highest BCUT2D eigenvalue weighted by Gasteiger charge is 2.03. The molecule has 0 saturated heterocycles. The zero-order valence-electron chi connectivity index (χ0n) is 9.59. The number of halogens is 1. The van der Waals surface area contributed by atoms with Crippen molar-refractivity contribution in [3.63, 3.8) is 0 Å². The monoisotopic (exact) mass is 246 g/mol. The van der Waals surface area contributed by atoms with Crippen LogP contribution in [0.3, 0.4) is 0 Å². The number of H-pyrrole nitrogens is 1. The normalized spacial score (nSPS) is 10.6. The van der Waals surface area contributed by atoms with Gasteiger partial charge in [-0.2, -0.15) is 0 Å². The van der Waals surface area contributed by atoms with Crippen LogP contribution in [0.2, 0.25) is 5.02 Å². The van der Waals surface area contributed by atoms with Crippen molar-refractivity contribution in [1.82, 2.24) is 10.3 Å². The lowest BCUT2D eigenvalue weighted by molar-refractivity contribution is 0.661. The lowest BCUT2D eigenvalue weighted by Crippen LogP contribution is -2.14. The van der Waals surface area contributed by atoms with Crippen molar-refractivity contribution in [1.29, 1.82) is 0 Å². The third-order valence-electron chi connectivity index (χ3n) is 2.72. The minimum absolute atomic E-state index is 0.757. The van der Waals surface area contributed by atoms with Crippen LogP contribution in [0.4, 0.5) is 0 Å². The molecule has 0 bridgehead atoms. The number of nitrogens with one attached hydrogen (secondary N) is 2. The van der Waals surface area contributed by atoms with E-state index in [0.29, 0.717) is 0 Å². The van der Waals surface area contributed by atoms with E-state index in [1.54, 1.807) is 0 Å². The fraction of sp³-hybridized carbons (Fsp3) is 0.286. The van der Waals surface area contributed by atoms with Crippen molar-refractivity contribution < 1.29 is 0 Å². The van der Waals surface area contributed by atoms with Gasteiger partial charge in [0.15, 0.2) is 0 Å². The van der Waals surface area contributed by atoms with Crippen LogP contribution in [0.5, 0.6) is 0 Å². The Morgan fingerprint density at radius 1 is 1.41 bits per heavy atom. The molecule has 0 atom stereocenters. The van der Waals surface area contributed by atoms with Crippen molar-refractivity contribution in [2.75, 3.05) is 6.54 Å². The maximum Gasteiger partial charge on any atom is 0.0472 e. The Labute approximate surface area is 106 Å². The summed E-state index contributed by atoms with van der Waals surface area (Å²) < 4.78 is 0. The molecule has 2 aromatic rings. The summed E-state index contributed by atoms with van der Waals surface area (Å²) in [4.78, 5) is 3.22. The van der Waals surface area contributed by atoms with E-state index in [-0.39, 0.29) is 0 Å². The fourth-order valence-electron chi connectivity index (χ4n) is 1.84. The van der Waals surface area contributed by atoms with Gasteiger partial charge in [0, 0.05) is 35.1 Å². The van der Waals surface area contributed by atoms with Gasteiger partial charge < -0.3 is 10.3 Å². The first kappa shape index (κ1) is 12.0. The molecule has 17 heavy (non-hydrogen) atoms. The summed E-state index contributed by atoms with van der Waals surface area (Å²) >= 11 is 5.94. The quantitative estimate of drug-likeness (QED) is 0.615. The molecular formula is C14H15ClN2.